The van der Waals surface area contributed by atoms with Crippen LogP contribution in [0, 0.1) is 13.8 Å². The van der Waals surface area contributed by atoms with E-state index >= 15 is 0 Å². The van der Waals surface area contributed by atoms with Gasteiger partial charge in [-0.05, 0) is 73.5 Å². The maximum absolute atomic E-state index is 11.6. The predicted molar refractivity (Wildman–Crippen MR) is 116 cm³/mol. The molecule has 4 aromatic rings. The molecular formula is C22H20N4O4S. The average molecular weight is 436 g/mol. The Morgan fingerprint density at radius 3 is 1.90 bits per heavy atom. The smallest absolute Gasteiger partial charge is 0.238 e. The van der Waals surface area contributed by atoms with Crippen molar-refractivity contribution in [2.45, 2.75) is 18.7 Å². The normalized spacial score (nSPS) is 11.6. The Hall–Kier alpha value is -3.69. The Bertz CT molecular complexity index is 1390. The molecule has 0 atom stereocenters. The van der Waals surface area contributed by atoms with Crippen molar-refractivity contribution in [2.75, 3.05) is 0 Å². The molecule has 0 spiro atoms. The fourth-order valence-electron chi connectivity index (χ4n) is 3.22. The lowest BCUT2D eigenvalue weighted by Gasteiger charge is -2.08. The van der Waals surface area contributed by atoms with Crippen LogP contribution in [0.15, 0.2) is 65.6 Å². The third-order valence-electron chi connectivity index (χ3n) is 4.81. The van der Waals surface area contributed by atoms with E-state index in [9.17, 15) is 18.6 Å². The van der Waals surface area contributed by atoms with Crippen LogP contribution < -0.4 is 5.14 Å². The zero-order chi connectivity index (χ0) is 22.3. The van der Waals surface area contributed by atoms with E-state index in [1.165, 1.54) is 16.8 Å². The number of rotatable bonds is 4. The molecule has 0 saturated carbocycles. The number of phenols is 2. The van der Waals surface area contributed by atoms with Gasteiger partial charge in [0.2, 0.25) is 10.0 Å². The van der Waals surface area contributed by atoms with Gasteiger partial charge in [0.05, 0.1) is 21.7 Å². The first kappa shape index (κ1) is 20.6. The zero-order valence-corrected chi connectivity index (χ0v) is 17.6. The fourth-order valence-corrected chi connectivity index (χ4v) is 3.73. The van der Waals surface area contributed by atoms with Crippen LogP contribution in [0.1, 0.15) is 11.1 Å². The molecule has 0 fully saturated rings. The molecule has 9 heteroatoms. The van der Waals surface area contributed by atoms with Gasteiger partial charge in [0, 0.05) is 0 Å². The summed E-state index contributed by atoms with van der Waals surface area (Å²) in [4.78, 5) is 4.53. The molecule has 0 aliphatic carbocycles. The van der Waals surface area contributed by atoms with Crippen LogP contribution in [0.3, 0.4) is 0 Å². The Kier molecular flexibility index (Phi) is 5.00. The molecule has 31 heavy (non-hydrogen) atoms. The van der Waals surface area contributed by atoms with Crippen molar-refractivity contribution in [3.8, 4) is 40.0 Å². The van der Waals surface area contributed by atoms with Crippen molar-refractivity contribution in [3.63, 3.8) is 0 Å². The minimum absolute atomic E-state index is 0.0227. The van der Waals surface area contributed by atoms with Gasteiger partial charge in [-0.2, -0.15) is 0 Å². The van der Waals surface area contributed by atoms with Crippen LogP contribution in [0.5, 0.6) is 11.5 Å². The van der Waals surface area contributed by atoms with Crippen LogP contribution in [0.4, 0.5) is 0 Å². The molecule has 3 aromatic carbocycles. The second kappa shape index (κ2) is 7.53. The van der Waals surface area contributed by atoms with Crippen molar-refractivity contribution >= 4 is 10.0 Å². The molecule has 0 bridgehead atoms. The summed E-state index contributed by atoms with van der Waals surface area (Å²) in [6, 6.07) is 16.2. The van der Waals surface area contributed by atoms with Crippen LogP contribution >= 0.6 is 0 Å². The third kappa shape index (κ3) is 4.00. The van der Waals surface area contributed by atoms with Crippen LogP contribution in [0.25, 0.3) is 28.5 Å². The summed E-state index contributed by atoms with van der Waals surface area (Å²) in [6.45, 7) is 3.72. The van der Waals surface area contributed by atoms with Crippen LogP contribution in [0.2, 0.25) is 0 Å². The molecule has 1 aromatic heterocycles. The van der Waals surface area contributed by atoms with Gasteiger partial charge in [0.1, 0.15) is 11.5 Å². The van der Waals surface area contributed by atoms with Crippen molar-refractivity contribution < 1.29 is 18.6 Å². The Morgan fingerprint density at radius 1 is 0.839 bits per heavy atom. The first-order valence-corrected chi connectivity index (χ1v) is 10.9. The second-order valence-corrected chi connectivity index (χ2v) is 8.81. The van der Waals surface area contributed by atoms with Gasteiger partial charge in [-0.1, -0.05) is 12.1 Å². The molecule has 158 valence electrons. The molecule has 0 aliphatic rings. The van der Waals surface area contributed by atoms with E-state index < -0.39 is 10.0 Å². The number of aromatic hydroxyl groups is 2. The van der Waals surface area contributed by atoms with Crippen molar-refractivity contribution in [3.05, 3.63) is 71.8 Å². The van der Waals surface area contributed by atoms with Crippen molar-refractivity contribution in [1.29, 1.82) is 0 Å². The standard InChI is InChI=1S/C22H20N4O4S/c1-13-3-9-17(19(27)11-13)21-24-22(18-10-4-14(2)12-20(18)28)26(25-21)15-5-7-16(8-6-15)31(23,29)30/h3-12,27-28H,1-2H3,(H2,23,29,30). The highest BCUT2D eigenvalue weighted by molar-refractivity contribution is 7.89. The quantitative estimate of drug-likeness (QED) is 0.450. The van der Waals surface area contributed by atoms with Crippen molar-refractivity contribution in [2.24, 2.45) is 5.14 Å². The number of phenolic OH excluding ortho intramolecular Hbond substituents is 2. The van der Waals surface area contributed by atoms with Gasteiger partial charge < -0.3 is 10.2 Å². The number of sulfonamides is 1. The van der Waals surface area contributed by atoms with Gasteiger partial charge in [-0.25, -0.2) is 23.2 Å². The summed E-state index contributed by atoms with van der Waals surface area (Å²) in [5.74, 6) is 0.634. The average Bonchev–Trinajstić information content (AvgIpc) is 3.12. The summed E-state index contributed by atoms with van der Waals surface area (Å²) >= 11 is 0. The minimum Gasteiger partial charge on any atom is -0.507 e. The van der Waals surface area contributed by atoms with E-state index in [0.29, 0.717) is 22.6 Å². The first-order chi connectivity index (χ1) is 14.6. The van der Waals surface area contributed by atoms with E-state index in [2.05, 4.69) is 10.1 Å². The van der Waals surface area contributed by atoms with Gasteiger partial charge in [0.25, 0.3) is 0 Å². The molecule has 0 unspecified atom stereocenters. The number of primary sulfonamides is 1. The van der Waals surface area contributed by atoms with Crippen LogP contribution in [-0.4, -0.2) is 33.4 Å². The monoisotopic (exact) mass is 436 g/mol. The van der Waals surface area contributed by atoms with E-state index in [0.717, 1.165) is 11.1 Å². The Labute approximate surface area is 179 Å². The second-order valence-electron chi connectivity index (χ2n) is 7.25. The molecule has 4 rings (SSSR count). The number of hydrogen-bond donors (Lipinski definition) is 3. The molecule has 1 heterocycles. The van der Waals surface area contributed by atoms with Gasteiger partial charge in [-0.15, -0.1) is 5.10 Å². The van der Waals surface area contributed by atoms with E-state index in [1.807, 2.05) is 26.0 Å². The summed E-state index contributed by atoms with van der Waals surface area (Å²) in [7, 11) is -3.84. The molecule has 0 radical (unpaired) electrons. The SMILES string of the molecule is Cc1ccc(-c2nc(-c3ccc(C)cc3O)n(-c3ccc(S(N)(=O)=O)cc3)n2)c(O)c1. The predicted octanol–water partition coefficient (Wildman–Crippen LogP) is 3.28. The molecular weight excluding hydrogens is 416 g/mol. The molecule has 0 saturated heterocycles. The maximum Gasteiger partial charge on any atom is 0.238 e. The third-order valence-corrected chi connectivity index (χ3v) is 5.73. The van der Waals surface area contributed by atoms with E-state index in [4.69, 9.17) is 5.14 Å². The minimum atomic E-state index is -3.84. The number of benzene rings is 3. The maximum atomic E-state index is 11.6. The molecule has 0 amide bonds. The van der Waals surface area contributed by atoms with Crippen LogP contribution in [-0.2, 0) is 10.0 Å². The number of aromatic nitrogens is 3. The molecule has 8 nitrogen and oxygen atoms in total. The van der Waals surface area contributed by atoms with Gasteiger partial charge in [-0.3, -0.25) is 0 Å². The molecule has 0 aliphatic heterocycles. The summed E-state index contributed by atoms with van der Waals surface area (Å²) < 4.78 is 24.6. The number of hydrogen-bond acceptors (Lipinski definition) is 6. The zero-order valence-electron chi connectivity index (χ0n) is 16.8. The number of nitrogens with zero attached hydrogens (tertiary/aromatic N) is 3. The summed E-state index contributed by atoms with van der Waals surface area (Å²) in [5, 5.41) is 30.6. The Balaban J connectivity index is 1.93. The fraction of sp³-hybridized carbons (Fsp3) is 0.0909. The largest absolute Gasteiger partial charge is 0.507 e. The lowest BCUT2D eigenvalue weighted by molar-refractivity contribution is 0.476. The van der Waals surface area contributed by atoms with Gasteiger partial charge in [0.15, 0.2) is 11.6 Å². The highest BCUT2D eigenvalue weighted by Crippen LogP contribution is 2.34. The highest BCUT2D eigenvalue weighted by atomic mass is 32.2. The van der Waals surface area contributed by atoms with E-state index in [-0.39, 0.29) is 22.2 Å². The number of nitrogens with two attached hydrogens (primary N) is 1. The summed E-state index contributed by atoms with van der Waals surface area (Å²) in [6.07, 6.45) is 0. The van der Waals surface area contributed by atoms with Crippen molar-refractivity contribution in [1.82, 2.24) is 14.8 Å². The Morgan fingerprint density at radius 2 is 1.39 bits per heavy atom. The number of aryl methyl sites for hydroxylation is 2. The highest BCUT2D eigenvalue weighted by Gasteiger charge is 2.20. The van der Waals surface area contributed by atoms with Gasteiger partial charge >= 0.3 is 0 Å². The first-order valence-electron chi connectivity index (χ1n) is 9.34. The summed E-state index contributed by atoms with van der Waals surface area (Å²) in [5.41, 5.74) is 3.13. The lowest BCUT2D eigenvalue weighted by atomic mass is 10.1. The lowest BCUT2D eigenvalue weighted by Crippen LogP contribution is -2.12. The molecule has 4 N–H and O–H groups in total. The van der Waals surface area contributed by atoms with E-state index in [1.54, 1.807) is 36.4 Å². The topological polar surface area (TPSA) is 131 Å².